The van der Waals surface area contributed by atoms with Gasteiger partial charge in [0.2, 0.25) is 0 Å². The number of hydrogen-bond donors (Lipinski definition) is 0. The Kier molecular flexibility index (Phi) is 11.0. The molecule has 0 fully saturated rings. The molecule has 0 aliphatic carbocycles. The van der Waals surface area contributed by atoms with E-state index in [0.717, 1.165) is 0 Å². The molecule has 4 heteroatoms. The molecule has 0 bridgehead atoms. The molecule has 0 saturated carbocycles. The van der Waals surface area contributed by atoms with Gasteiger partial charge in [0.25, 0.3) is 0 Å². The minimum atomic E-state index is -0.490. The molecule has 0 heterocycles. The fourth-order valence-corrected chi connectivity index (χ4v) is 0.595. The second-order valence-electron chi connectivity index (χ2n) is 1.87. The van der Waals surface area contributed by atoms with Crippen LogP contribution in [0.1, 0.15) is 20.8 Å². The fraction of sp³-hybridized carbons (Fsp3) is 0.625. The molecule has 0 saturated heterocycles. The van der Waals surface area contributed by atoms with E-state index >= 15 is 0 Å². The number of rotatable bonds is 3. The van der Waals surface area contributed by atoms with Crippen molar-refractivity contribution < 1.29 is 9.63 Å². The van der Waals surface area contributed by atoms with Crippen LogP contribution in [0.2, 0.25) is 0 Å². The first kappa shape index (κ1) is 14.5. The van der Waals surface area contributed by atoms with Crippen LogP contribution < -0.4 is 0 Å². The maximum absolute atomic E-state index is 10.7. The molecule has 3 nitrogen and oxygen atoms in total. The van der Waals surface area contributed by atoms with Gasteiger partial charge in [0.05, 0.1) is 0 Å². The number of hydroxylamine groups is 2. The Balaban J connectivity index is 0. The van der Waals surface area contributed by atoms with Gasteiger partial charge >= 0.3 is 35.5 Å². The molecule has 0 spiro atoms. The van der Waals surface area contributed by atoms with E-state index in [0.29, 0.717) is 13.1 Å². The van der Waals surface area contributed by atoms with Crippen LogP contribution in [0, 0.1) is 11.8 Å². The van der Waals surface area contributed by atoms with E-state index in [1.54, 1.807) is 12.0 Å². The average Bonchev–Trinajstić information content (AvgIpc) is 2.01. The van der Waals surface area contributed by atoms with Gasteiger partial charge in [0, 0.05) is 19.0 Å². The Bertz CT molecular complexity index is 179. The molecular weight excluding hydrogens is 165 g/mol. The molecule has 0 aliphatic rings. The summed E-state index contributed by atoms with van der Waals surface area (Å²) < 4.78 is 0. The number of hydrogen-bond acceptors (Lipinski definition) is 3. The van der Waals surface area contributed by atoms with Crippen molar-refractivity contribution in [2.45, 2.75) is 20.8 Å². The van der Waals surface area contributed by atoms with Crippen molar-refractivity contribution in [1.82, 2.24) is 5.06 Å². The Morgan fingerprint density at radius 3 is 2.25 bits per heavy atom. The molecule has 0 amide bonds. The summed E-state index contributed by atoms with van der Waals surface area (Å²) in [5.41, 5.74) is 0. The van der Waals surface area contributed by atoms with Crippen LogP contribution in [0.25, 0.3) is 0 Å². The molecule has 64 valence electrons. The van der Waals surface area contributed by atoms with E-state index in [4.69, 9.17) is 4.84 Å². The molecule has 0 N–H and O–H groups in total. The summed E-state index contributed by atoms with van der Waals surface area (Å²) in [6, 6.07) is 0. The van der Waals surface area contributed by atoms with Gasteiger partial charge in [-0.15, -0.1) is 5.06 Å². The molecule has 0 aromatic rings. The average molecular weight is 179 g/mol. The number of carbonyl (C=O) groups excluding carboxylic acids is 1. The standard InChI is InChI=1S/C8H13NO2.Na.H/c1-4-7-8(10)11-9(5-2)6-3;;/h5-6H2,1-3H3;;. The Labute approximate surface area is 95.7 Å². The van der Waals surface area contributed by atoms with Gasteiger partial charge in [0.1, 0.15) is 0 Å². The van der Waals surface area contributed by atoms with E-state index in [2.05, 4.69) is 11.8 Å². The summed E-state index contributed by atoms with van der Waals surface area (Å²) in [6.45, 7) is 6.80. The summed E-state index contributed by atoms with van der Waals surface area (Å²) in [5.74, 6) is 4.27. The Morgan fingerprint density at radius 2 is 1.92 bits per heavy atom. The van der Waals surface area contributed by atoms with Crippen LogP contribution in [-0.4, -0.2) is 53.7 Å². The first-order chi connectivity index (χ1) is 5.24. The number of carbonyl (C=O) groups is 1. The van der Waals surface area contributed by atoms with Crippen molar-refractivity contribution in [3.63, 3.8) is 0 Å². The zero-order chi connectivity index (χ0) is 8.69. The van der Waals surface area contributed by atoms with Gasteiger partial charge in [-0.1, -0.05) is 5.92 Å². The fourth-order valence-electron chi connectivity index (χ4n) is 0.595. The summed E-state index contributed by atoms with van der Waals surface area (Å²) in [4.78, 5) is 15.5. The van der Waals surface area contributed by atoms with Crippen molar-refractivity contribution in [1.29, 1.82) is 0 Å². The third-order valence-corrected chi connectivity index (χ3v) is 1.14. The third-order valence-electron chi connectivity index (χ3n) is 1.14. The van der Waals surface area contributed by atoms with Crippen LogP contribution in [0.15, 0.2) is 0 Å². The molecule has 0 rings (SSSR count). The first-order valence-electron chi connectivity index (χ1n) is 3.64. The zero-order valence-electron chi connectivity index (χ0n) is 7.18. The van der Waals surface area contributed by atoms with Gasteiger partial charge in [0.15, 0.2) is 0 Å². The monoisotopic (exact) mass is 179 g/mol. The van der Waals surface area contributed by atoms with Gasteiger partial charge in [-0.05, 0) is 20.8 Å². The molecule has 0 aliphatic heterocycles. The summed E-state index contributed by atoms with van der Waals surface area (Å²) >= 11 is 0. The van der Waals surface area contributed by atoms with Crippen LogP contribution in [-0.2, 0) is 9.63 Å². The maximum atomic E-state index is 10.7. The Morgan fingerprint density at radius 1 is 1.42 bits per heavy atom. The van der Waals surface area contributed by atoms with Crippen LogP contribution in [0.4, 0.5) is 0 Å². The summed E-state index contributed by atoms with van der Waals surface area (Å²) in [6.07, 6.45) is 0. The van der Waals surface area contributed by atoms with E-state index < -0.39 is 5.97 Å². The van der Waals surface area contributed by atoms with E-state index in [1.165, 1.54) is 0 Å². The van der Waals surface area contributed by atoms with Crippen LogP contribution in [0.5, 0.6) is 0 Å². The topological polar surface area (TPSA) is 29.5 Å². The molecule has 0 aromatic carbocycles. The van der Waals surface area contributed by atoms with Gasteiger partial charge in [-0.3, -0.25) is 0 Å². The zero-order valence-corrected chi connectivity index (χ0v) is 7.18. The minimum absolute atomic E-state index is 0. The second-order valence-corrected chi connectivity index (χ2v) is 1.87. The molecule has 0 unspecified atom stereocenters. The van der Waals surface area contributed by atoms with E-state index in [1.807, 2.05) is 13.8 Å². The van der Waals surface area contributed by atoms with Crippen molar-refractivity contribution in [3.8, 4) is 11.8 Å². The summed E-state index contributed by atoms with van der Waals surface area (Å²) in [5, 5.41) is 1.55. The number of nitrogens with zero attached hydrogens (tertiary/aromatic N) is 1. The predicted octanol–water partition coefficient (Wildman–Crippen LogP) is 0.161. The third kappa shape index (κ3) is 6.68. The molecule has 12 heavy (non-hydrogen) atoms. The molecular formula is C8H14NNaO2. The second kappa shape index (κ2) is 9.08. The summed E-state index contributed by atoms with van der Waals surface area (Å²) in [7, 11) is 0. The Hall–Kier alpha value is -0.0100. The van der Waals surface area contributed by atoms with E-state index in [9.17, 15) is 4.79 Å². The predicted molar refractivity (Wildman–Crippen MR) is 49.6 cm³/mol. The van der Waals surface area contributed by atoms with Gasteiger partial charge < -0.3 is 4.84 Å². The SMILES string of the molecule is CC#CC(=O)ON(CC)CC.[NaH]. The normalized spacial score (nSPS) is 8.00. The molecule has 0 atom stereocenters. The quantitative estimate of drug-likeness (QED) is 0.351. The van der Waals surface area contributed by atoms with Crippen molar-refractivity contribution in [2.75, 3.05) is 13.1 Å². The van der Waals surface area contributed by atoms with Crippen LogP contribution in [0.3, 0.4) is 0 Å². The van der Waals surface area contributed by atoms with Crippen LogP contribution >= 0.6 is 0 Å². The molecule has 0 radical (unpaired) electrons. The van der Waals surface area contributed by atoms with Gasteiger partial charge in [-0.25, -0.2) is 4.79 Å². The van der Waals surface area contributed by atoms with Gasteiger partial charge in [-0.2, -0.15) is 0 Å². The first-order valence-corrected chi connectivity index (χ1v) is 3.64. The molecule has 0 aromatic heterocycles. The van der Waals surface area contributed by atoms with Crippen molar-refractivity contribution in [2.24, 2.45) is 0 Å². The van der Waals surface area contributed by atoms with E-state index in [-0.39, 0.29) is 29.6 Å². The van der Waals surface area contributed by atoms with Crippen molar-refractivity contribution in [3.05, 3.63) is 0 Å². The van der Waals surface area contributed by atoms with Crippen molar-refractivity contribution >= 4 is 35.5 Å².